The van der Waals surface area contributed by atoms with Crippen molar-refractivity contribution in [3.05, 3.63) is 29.8 Å². The Hall–Kier alpha value is -1.78. The number of rotatable bonds is 2. The Morgan fingerprint density at radius 3 is 2.67 bits per heavy atom. The fourth-order valence-electron chi connectivity index (χ4n) is 2.82. The van der Waals surface area contributed by atoms with Gasteiger partial charge in [0.05, 0.1) is 6.04 Å². The van der Waals surface area contributed by atoms with Crippen molar-refractivity contribution in [3.8, 4) is 0 Å². The van der Waals surface area contributed by atoms with Gasteiger partial charge in [0.15, 0.2) is 0 Å². The first-order valence-electron chi connectivity index (χ1n) is 7.22. The van der Waals surface area contributed by atoms with Gasteiger partial charge in [0.2, 0.25) is 0 Å². The number of hydrogen-bond acceptors (Lipinski definition) is 2. The van der Waals surface area contributed by atoms with E-state index in [0.717, 1.165) is 5.69 Å². The lowest BCUT2D eigenvalue weighted by molar-refractivity contribution is 0.0748. The lowest BCUT2D eigenvalue weighted by atomic mass is 9.84. The van der Waals surface area contributed by atoms with E-state index in [9.17, 15) is 14.3 Å². The van der Waals surface area contributed by atoms with Gasteiger partial charge in [0.1, 0.15) is 6.67 Å². The third-order valence-corrected chi connectivity index (χ3v) is 4.06. The fraction of sp³-hybridized carbons (Fsp3) is 0.562. The van der Waals surface area contributed by atoms with Crippen LogP contribution in [0.4, 0.5) is 14.9 Å². The lowest BCUT2D eigenvalue weighted by Crippen LogP contribution is -2.59. The van der Waals surface area contributed by atoms with Crippen LogP contribution in [0.25, 0.3) is 0 Å². The normalized spacial score (nSPS) is 19.7. The van der Waals surface area contributed by atoms with E-state index in [-0.39, 0.29) is 11.5 Å². The van der Waals surface area contributed by atoms with E-state index >= 15 is 0 Å². The maximum atomic E-state index is 12.8. The van der Waals surface area contributed by atoms with Crippen LogP contribution in [0.15, 0.2) is 24.3 Å². The Labute approximate surface area is 125 Å². The summed E-state index contributed by atoms with van der Waals surface area (Å²) in [6, 6.07) is 7.32. The fourth-order valence-corrected chi connectivity index (χ4v) is 2.82. The third kappa shape index (κ3) is 3.46. The minimum absolute atomic E-state index is 0.0854. The van der Waals surface area contributed by atoms with Crippen molar-refractivity contribution in [2.75, 3.05) is 24.5 Å². The van der Waals surface area contributed by atoms with Gasteiger partial charge in [-0.25, -0.2) is 9.18 Å². The van der Waals surface area contributed by atoms with Gasteiger partial charge in [-0.3, -0.25) is 0 Å². The number of anilines is 1. The highest BCUT2D eigenvalue weighted by Gasteiger charge is 2.38. The van der Waals surface area contributed by atoms with Crippen LogP contribution in [0.5, 0.6) is 0 Å². The first kappa shape index (κ1) is 15.6. The van der Waals surface area contributed by atoms with Gasteiger partial charge >= 0.3 is 6.09 Å². The molecule has 21 heavy (non-hydrogen) atoms. The zero-order chi connectivity index (χ0) is 15.6. The molecule has 116 valence electrons. The van der Waals surface area contributed by atoms with E-state index in [1.165, 1.54) is 4.90 Å². The molecular formula is C16H23FN2O2. The van der Waals surface area contributed by atoms with E-state index in [1.54, 1.807) is 6.07 Å². The number of amides is 1. The first-order valence-corrected chi connectivity index (χ1v) is 7.22. The summed E-state index contributed by atoms with van der Waals surface area (Å²) in [5.74, 6) is 0. The summed E-state index contributed by atoms with van der Waals surface area (Å²) in [5.41, 5.74) is 1.47. The summed E-state index contributed by atoms with van der Waals surface area (Å²) in [4.78, 5) is 15.1. The highest BCUT2D eigenvalue weighted by Crippen LogP contribution is 2.30. The number of halogens is 1. The molecule has 4 nitrogen and oxygen atoms in total. The molecule has 1 aromatic carbocycles. The molecule has 1 saturated heterocycles. The van der Waals surface area contributed by atoms with Crippen LogP contribution in [0.1, 0.15) is 26.3 Å². The number of carbonyl (C=O) groups is 1. The summed E-state index contributed by atoms with van der Waals surface area (Å²) < 4.78 is 12.8. The molecule has 0 bridgehead atoms. The smallest absolute Gasteiger partial charge is 0.407 e. The second-order valence-corrected chi connectivity index (χ2v) is 6.61. The highest BCUT2D eigenvalue weighted by molar-refractivity contribution is 5.66. The molecule has 0 radical (unpaired) electrons. The Morgan fingerprint density at radius 1 is 1.38 bits per heavy atom. The molecule has 1 atom stereocenters. The second kappa shape index (κ2) is 5.92. The van der Waals surface area contributed by atoms with Crippen molar-refractivity contribution in [1.29, 1.82) is 0 Å². The van der Waals surface area contributed by atoms with Crippen LogP contribution in [0.2, 0.25) is 0 Å². The van der Waals surface area contributed by atoms with E-state index in [0.29, 0.717) is 25.2 Å². The molecule has 0 spiro atoms. The van der Waals surface area contributed by atoms with Crippen molar-refractivity contribution in [2.45, 2.75) is 33.5 Å². The largest absolute Gasteiger partial charge is 0.465 e. The van der Waals surface area contributed by atoms with Crippen molar-refractivity contribution in [1.82, 2.24) is 4.90 Å². The molecule has 0 aliphatic carbocycles. The Balaban J connectivity index is 2.23. The summed E-state index contributed by atoms with van der Waals surface area (Å²) in [5, 5.41) is 9.37. The Bertz CT molecular complexity index is 513. The SMILES string of the molecule is CC(C)(C)C1CN(c2cccc(CF)c2)CCN1C(=O)O. The molecule has 1 amide bonds. The zero-order valence-corrected chi connectivity index (χ0v) is 12.8. The van der Waals surface area contributed by atoms with Crippen molar-refractivity contribution in [3.63, 3.8) is 0 Å². The minimum Gasteiger partial charge on any atom is -0.465 e. The Kier molecular flexibility index (Phi) is 4.40. The molecule has 1 unspecified atom stereocenters. The molecule has 1 N–H and O–H groups in total. The molecule has 5 heteroatoms. The molecule has 0 saturated carbocycles. The van der Waals surface area contributed by atoms with Gasteiger partial charge in [-0.2, -0.15) is 0 Å². The maximum Gasteiger partial charge on any atom is 0.407 e. The average molecular weight is 294 g/mol. The number of hydrogen-bond donors (Lipinski definition) is 1. The van der Waals surface area contributed by atoms with Gasteiger partial charge in [-0.05, 0) is 23.1 Å². The first-order chi connectivity index (χ1) is 9.82. The van der Waals surface area contributed by atoms with Crippen molar-refractivity contribution in [2.24, 2.45) is 5.41 Å². The van der Waals surface area contributed by atoms with Gasteiger partial charge < -0.3 is 14.9 Å². The number of piperazine rings is 1. The van der Waals surface area contributed by atoms with Gasteiger partial charge in [-0.15, -0.1) is 0 Å². The maximum absolute atomic E-state index is 12.8. The van der Waals surface area contributed by atoms with Crippen LogP contribution >= 0.6 is 0 Å². The van der Waals surface area contributed by atoms with E-state index in [1.807, 2.05) is 18.2 Å². The summed E-state index contributed by atoms with van der Waals surface area (Å²) in [7, 11) is 0. The summed E-state index contributed by atoms with van der Waals surface area (Å²) in [6.07, 6.45) is -0.868. The molecular weight excluding hydrogens is 271 g/mol. The molecule has 1 fully saturated rings. The molecule has 0 aromatic heterocycles. The summed E-state index contributed by atoms with van der Waals surface area (Å²) in [6.45, 7) is 7.40. The number of alkyl halides is 1. The van der Waals surface area contributed by atoms with Crippen LogP contribution in [-0.4, -0.2) is 41.8 Å². The molecule has 1 heterocycles. The molecule has 1 aromatic rings. The lowest BCUT2D eigenvalue weighted by Gasteiger charge is -2.46. The predicted octanol–water partition coefficient (Wildman–Crippen LogP) is 3.37. The number of nitrogens with zero attached hydrogens (tertiary/aromatic N) is 2. The van der Waals surface area contributed by atoms with Crippen molar-refractivity contribution >= 4 is 11.8 Å². The van der Waals surface area contributed by atoms with Crippen LogP contribution in [0.3, 0.4) is 0 Å². The third-order valence-electron chi connectivity index (χ3n) is 4.06. The number of carboxylic acid groups (broad SMARTS) is 1. The molecule has 2 rings (SSSR count). The predicted molar refractivity (Wildman–Crippen MR) is 81.4 cm³/mol. The zero-order valence-electron chi connectivity index (χ0n) is 12.8. The summed E-state index contributed by atoms with van der Waals surface area (Å²) >= 11 is 0. The minimum atomic E-state index is -0.868. The van der Waals surface area contributed by atoms with Crippen LogP contribution < -0.4 is 4.90 Å². The van der Waals surface area contributed by atoms with E-state index in [4.69, 9.17) is 0 Å². The van der Waals surface area contributed by atoms with E-state index in [2.05, 4.69) is 25.7 Å². The van der Waals surface area contributed by atoms with Gasteiger partial charge in [0.25, 0.3) is 0 Å². The van der Waals surface area contributed by atoms with Gasteiger partial charge in [-0.1, -0.05) is 32.9 Å². The molecule has 1 aliphatic heterocycles. The number of benzene rings is 1. The van der Waals surface area contributed by atoms with Gasteiger partial charge in [0, 0.05) is 25.3 Å². The van der Waals surface area contributed by atoms with Crippen LogP contribution in [-0.2, 0) is 6.67 Å². The highest BCUT2D eigenvalue weighted by atomic mass is 19.1. The average Bonchev–Trinajstić information content (AvgIpc) is 2.45. The van der Waals surface area contributed by atoms with Crippen molar-refractivity contribution < 1.29 is 14.3 Å². The standard InChI is InChI=1S/C16H23FN2O2/c1-16(2,3)14-11-18(7-8-19(14)15(20)21)13-6-4-5-12(9-13)10-17/h4-6,9,14H,7-8,10-11H2,1-3H3,(H,20,21). The molecule has 1 aliphatic rings. The van der Waals surface area contributed by atoms with E-state index < -0.39 is 12.8 Å². The topological polar surface area (TPSA) is 43.8 Å². The quantitative estimate of drug-likeness (QED) is 0.909. The monoisotopic (exact) mass is 294 g/mol. The second-order valence-electron chi connectivity index (χ2n) is 6.61. The van der Waals surface area contributed by atoms with Crippen LogP contribution in [0, 0.1) is 5.41 Å². The Morgan fingerprint density at radius 2 is 2.10 bits per heavy atom.